The van der Waals surface area contributed by atoms with E-state index < -0.39 is 0 Å². The number of rotatable bonds is 5. The summed E-state index contributed by atoms with van der Waals surface area (Å²) in [5, 5.41) is 0. The zero-order valence-corrected chi connectivity index (χ0v) is 12.1. The Bertz CT molecular complexity index is 435. The molecule has 1 aromatic carbocycles. The molecule has 98 valence electrons. The second kappa shape index (κ2) is 7.82. The average Bonchev–Trinajstić information content (AvgIpc) is 2.38. The van der Waals surface area contributed by atoms with Crippen LogP contribution < -0.4 is 4.74 Å². The molecule has 0 aliphatic rings. The SMILES string of the molecule is CCC#CCCc1ccc(OCCC)c(C)c1C. The maximum atomic E-state index is 5.74. The van der Waals surface area contributed by atoms with Gasteiger partial charge in [-0.05, 0) is 49.4 Å². The molecule has 0 fully saturated rings. The van der Waals surface area contributed by atoms with Crippen molar-refractivity contribution in [3.05, 3.63) is 28.8 Å². The monoisotopic (exact) mass is 244 g/mol. The molecule has 18 heavy (non-hydrogen) atoms. The lowest BCUT2D eigenvalue weighted by atomic mass is 9.99. The first-order chi connectivity index (χ1) is 8.70. The quantitative estimate of drug-likeness (QED) is 0.696. The lowest BCUT2D eigenvalue weighted by molar-refractivity contribution is 0.315. The first kappa shape index (κ1) is 14.6. The molecule has 0 radical (unpaired) electrons. The first-order valence-corrected chi connectivity index (χ1v) is 6.88. The van der Waals surface area contributed by atoms with Crippen LogP contribution in [0, 0.1) is 25.7 Å². The zero-order valence-electron chi connectivity index (χ0n) is 12.1. The summed E-state index contributed by atoms with van der Waals surface area (Å²) >= 11 is 0. The van der Waals surface area contributed by atoms with Crippen molar-refractivity contribution in [2.24, 2.45) is 0 Å². The Balaban J connectivity index is 2.74. The fraction of sp³-hybridized carbons (Fsp3) is 0.529. The van der Waals surface area contributed by atoms with E-state index in [0.717, 1.165) is 38.0 Å². The van der Waals surface area contributed by atoms with Crippen molar-refractivity contribution >= 4 is 0 Å². The molecule has 0 aliphatic heterocycles. The van der Waals surface area contributed by atoms with Crippen LogP contribution in [0.2, 0.25) is 0 Å². The van der Waals surface area contributed by atoms with Gasteiger partial charge in [0.05, 0.1) is 6.61 Å². The van der Waals surface area contributed by atoms with E-state index in [1.165, 1.54) is 16.7 Å². The molecule has 0 saturated carbocycles. The van der Waals surface area contributed by atoms with E-state index in [9.17, 15) is 0 Å². The third-order valence-electron chi connectivity index (χ3n) is 3.13. The Morgan fingerprint density at radius 1 is 1.06 bits per heavy atom. The fourth-order valence-corrected chi connectivity index (χ4v) is 1.90. The first-order valence-electron chi connectivity index (χ1n) is 6.88. The molecule has 0 bridgehead atoms. The maximum absolute atomic E-state index is 5.74. The van der Waals surface area contributed by atoms with E-state index in [0.29, 0.717) is 0 Å². The largest absolute Gasteiger partial charge is 0.493 e. The summed E-state index contributed by atoms with van der Waals surface area (Å²) in [5.41, 5.74) is 4.01. The number of aryl methyl sites for hydroxylation is 1. The van der Waals surface area contributed by atoms with Gasteiger partial charge in [0.1, 0.15) is 5.75 Å². The van der Waals surface area contributed by atoms with E-state index in [-0.39, 0.29) is 0 Å². The van der Waals surface area contributed by atoms with E-state index in [1.807, 2.05) is 0 Å². The number of hydrogen-bond donors (Lipinski definition) is 0. The molecular weight excluding hydrogens is 220 g/mol. The van der Waals surface area contributed by atoms with Crippen molar-refractivity contribution in [2.45, 2.75) is 53.4 Å². The van der Waals surface area contributed by atoms with Crippen molar-refractivity contribution in [3.63, 3.8) is 0 Å². The predicted octanol–water partition coefficient (Wildman–Crippen LogP) is 4.44. The molecule has 1 rings (SSSR count). The number of ether oxygens (including phenoxy) is 1. The zero-order chi connectivity index (χ0) is 13.4. The minimum Gasteiger partial charge on any atom is -0.493 e. The van der Waals surface area contributed by atoms with Gasteiger partial charge in [-0.1, -0.05) is 19.9 Å². The summed E-state index contributed by atoms with van der Waals surface area (Å²) in [7, 11) is 0. The third kappa shape index (κ3) is 4.11. The molecule has 0 saturated heterocycles. The molecule has 0 aliphatic carbocycles. The lowest BCUT2D eigenvalue weighted by Crippen LogP contribution is -2.00. The van der Waals surface area contributed by atoms with Crippen molar-refractivity contribution in [1.29, 1.82) is 0 Å². The van der Waals surface area contributed by atoms with Gasteiger partial charge in [0.15, 0.2) is 0 Å². The van der Waals surface area contributed by atoms with E-state index in [2.05, 4.69) is 51.7 Å². The minimum absolute atomic E-state index is 0.793. The summed E-state index contributed by atoms with van der Waals surface area (Å²) in [6.45, 7) is 9.32. The smallest absolute Gasteiger partial charge is 0.122 e. The molecule has 0 unspecified atom stereocenters. The van der Waals surface area contributed by atoms with Crippen LogP contribution >= 0.6 is 0 Å². The van der Waals surface area contributed by atoms with Crippen LogP contribution in [0.3, 0.4) is 0 Å². The highest BCUT2D eigenvalue weighted by Gasteiger charge is 2.06. The second-order valence-electron chi connectivity index (χ2n) is 4.53. The van der Waals surface area contributed by atoms with Crippen LogP contribution in [0.25, 0.3) is 0 Å². The van der Waals surface area contributed by atoms with Crippen LogP contribution in [-0.4, -0.2) is 6.61 Å². The van der Waals surface area contributed by atoms with E-state index in [1.54, 1.807) is 0 Å². The Morgan fingerprint density at radius 2 is 1.83 bits per heavy atom. The van der Waals surface area contributed by atoms with E-state index >= 15 is 0 Å². The average molecular weight is 244 g/mol. The molecule has 0 N–H and O–H groups in total. The summed E-state index contributed by atoms with van der Waals surface area (Å²) in [4.78, 5) is 0. The molecular formula is C17H24O. The van der Waals surface area contributed by atoms with Gasteiger partial charge < -0.3 is 4.74 Å². The predicted molar refractivity (Wildman–Crippen MR) is 78.1 cm³/mol. The van der Waals surface area contributed by atoms with Gasteiger partial charge in [-0.15, -0.1) is 11.8 Å². The maximum Gasteiger partial charge on any atom is 0.122 e. The van der Waals surface area contributed by atoms with Crippen molar-refractivity contribution in [1.82, 2.24) is 0 Å². The molecule has 0 aromatic heterocycles. The minimum atomic E-state index is 0.793. The van der Waals surface area contributed by atoms with Crippen LogP contribution in [0.4, 0.5) is 0 Å². The summed E-state index contributed by atoms with van der Waals surface area (Å²) in [6, 6.07) is 4.28. The molecule has 1 nitrogen and oxygen atoms in total. The third-order valence-corrected chi connectivity index (χ3v) is 3.13. The van der Waals surface area contributed by atoms with Crippen LogP contribution in [0.1, 0.15) is 49.8 Å². The summed E-state index contributed by atoms with van der Waals surface area (Å²) < 4.78 is 5.74. The van der Waals surface area contributed by atoms with Gasteiger partial charge in [-0.2, -0.15) is 0 Å². The Labute approximate surface area is 112 Å². The van der Waals surface area contributed by atoms with Crippen LogP contribution in [0.5, 0.6) is 5.75 Å². The standard InChI is InChI=1S/C17H24O/c1-5-7-8-9-10-16-11-12-17(18-13-6-2)15(4)14(16)3/h11-12H,5-6,9-10,13H2,1-4H3. The highest BCUT2D eigenvalue weighted by Crippen LogP contribution is 2.25. The molecule has 1 heteroatoms. The van der Waals surface area contributed by atoms with Gasteiger partial charge >= 0.3 is 0 Å². The van der Waals surface area contributed by atoms with Gasteiger partial charge in [-0.3, -0.25) is 0 Å². The number of hydrogen-bond acceptors (Lipinski definition) is 1. The van der Waals surface area contributed by atoms with Crippen LogP contribution in [-0.2, 0) is 6.42 Å². The van der Waals surface area contributed by atoms with Crippen LogP contribution in [0.15, 0.2) is 12.1 Å². The van der Waals surface area contributed by atoms with Crippen molar-refractivity contribution < 1.29 is 4.74 Å². The topological polar surface area (TPSA) is 9.23 Å². The normalized spacial score (nSPS) is 9.78. The highest BCUT2D eigenvalue weighted by molar-refractivity contribution is 5.43. The Hall–Kier alpha value is -1.42. The summed E-state index contributed by atoms with van der Waals surface area (Å²) in [6.07, 6.45) is 3.98. The molecule has 0 spiro atoms. The van der Waals surface area contributed by atoms with Gasteiger partial charge in [0.2, 0.25) is 0 Å². The van der Waals surface area contributed by atoms with Gasteiger partial charge in [-0.25, -0.2) is 0 Å². The molecule has 0 heterocycles. The Kier molecular flexibility index (Phi) is 6.36. The van der Waals surface area contributed by atoms with Crippen molar-refractivity contribution in [2.75, 3.05) is 6.61 Å². The fourth-order valence-electron chi connectivity index (χ4n) is 1.90. The molecule has 0 amide bonds. The second-order valence-corrected chi connectivity index (χ2v) is 4.53. The summed E-state index contributed by atoms with van der Waals surface area (Å²) in [5.74, 6) is 7.34. The van der Waals surface area contributed by atoms with Gasteiger partial charge in [0.25, 0.3) is 0 Å². The van der Waals surface area contributed by atoms with Crippen molar-refractivity contribution in [3.8, 4) is 17.6 Å². The highest BCUT2D eigenvalue weighted by atomic mass is 16.5. The van der Waals surface area contributed by atoms with E-state index in [4.69, 9.17) is 4.74 Å². The molecule has 0 atom stereocenters. The molecule has 1 aromatic rings. The Morgan fingerprint density at radius 3 is 2.50 bits per heavy atom. The van der Waals surface area contributed by atoms with Gasteiger partial charge in [0, 0.05) is 12.8 Å². The number of benzene rings is 1. The lowest BCUT2D eigenvalue weighted by Gasteiger charge is -2.13.